The fourth-order valence-electron chi connectivity index (χ4n) is 0.937. The van der Waals surface area contributed by atoms with E-state index in [1.54, 1.807) is 26.0 Å². The van der Waals surface area contributed by atoms with Crippen molar-refractivity contribution in [1.82, 2.24) is 4.98 Å². The molecule has 3 nitrogen and oxygen atoms in total. The average molecular weight is 209 g/mol. The molecule has 1 heterocycles. The Hall–Kier alpha value is -1.29. The number of esters is 1. The third-order valence-corrected chi connectivity index (χ3v) is 1.84. The maximum absolute atomic E-state index is 11.2. The van der Waals surface area contributed by atoms with Crippen LogP contribution in [0, 0.1) is 0 Å². The van der Waals surface area contributed by atoms with Gasteiger partial charge < -0.3 is 4.74 Å². The lowest BCUT2D eigenvalue weighted by Crippen LogP contribution is -2.06. The van der Waals surface area contributed by atoms with E-state index in [4.69, 9.17) is 17.0 Å². The van der Waals surface area contributed by atoms with E-state index in [2.05, 4.69) is 4.98 Å². The van der Waals surface area contributed by atoms with Gasteiger partial charge in [0, 0.05) is 11.1 Å². The first-order valence-corrected chi connectivity index (χ1v) is 4.70. The van der Waals surface area contributed by atoms with Crippen molar-refractivity contribution >= 4 is 23.1 Å². The molecule has 0 saturated carbocycles. The Balaban J connectivity index is 2.83. The molecule has 4 heteroatoms. The fourth-order valence-corrected chi connectivity index (χ4v) is 1.06. The van der Waals surface area contributed by atoms with Crippen molar-refractivity contribution in [3.63, 3.8) is 0 Å². The summed E-state index contributed by atoms with van der Waals surface area (Å²) in [7, 11) is 0. The molecule has 1 aromatic heterocycles. The van der Waals surface area contributed by atoms with E-state index in [9.17, 15) is 4.79 Å². The number of carbonyl (C=O) groups is 1. The lowest BCUT2D eigenvalue weighted by Gasteiger charge is -2.01. The quantitative estimate of drug-likeness (QED) is 0.433. The molecule has 0 bridgehead atoms. The topological polar surface area (TPSA) is 39.2 Å². The Morgan fingerprint density at radius 2 is 2.29 bits per heavy atom. The first kappa shape index (κ1) is 10.8. The molecule has 74 valence electrons. The van der Waals surface area contributed by atoms with Crippen molar-refractivity contribution in [2.45, 2.75) is 13.8 Å². The van der Waals surface area contributed by atoms with Gasteiger partial charge in [-0.15, -0.1) is 0 Å². The van der Waals surface area contributed by atoms with Crippen LogP contribution in [0.15, 0.2) is 18.3 Å². The number of carbonyl (C=O) groups excluding carboxylic acids is 1. The molecular formula is C10H11NO2S. The highest BCUT2D eigenvalue weighted by Gasteiger charge is 2.06. The number of rotatable bonds is 3. The van der Waals surface area contributed by atoms with E-state index in [0.717, 1.165) is 0 Å². The van der Waals surface area contributed by atoms with Gasteiger partial charge in [-0.3, -0.25) is 4.98 Å². The number of aromatic nitrogens is 1. The highest BCUT2D eigenvalue weighted by Crippen LogP contribution is 2.03. The van der Waals surface area contributed by atoms with E-state index < -0.39 is 0 Å². The average Bonchev–Trinajstić information content (AvgIpc) is 2.18. The summed E-state index contributed by atoms with van der Waals surface area (Å²) in [6, 6.07) is 3.38. The Labute approximate surface area is 88.1 Å². The van der Waals surface area contributed by atoms with Crippen molar-refractivity contribution in [3.8, 4) is 0 Å². The van der Waals surface area contributed by atoms with Crippen molar-refractivity contribution < 1.29 is 9.53 Å². The largest absolute Gasteiger partial charge is 0.462 e. The zero-order chi connectivity index (χ0) is 10.6. The summed E-state index contributed by atoms with van der Waals surface area (Å²) in [5.41, 5.74) is 1.17. The predicted molar refractivity (Wildman–Crippen MR) is 57.6 cm³/mol. The smallest absolute Gasteiger partial charge is 0.339 e. The summed E-state index contributed by atoms with van der Waals surface area (Å²) in [6.07, 6.45) is 1.48. The Morgan fingerprint density at radius 3 is 2.71 bits per heavy atom. The second-order valence-electron chi connectivity index (χ2n) is 2.71. The maximum atomic E-state index is 11.2. The van der Waals surface area contributed by atoms with Crippen LogP contribution in [0.4, 0.5) is 0 Å². The van der Waals surface area contributed by atoms with Gasteiger partial charge in [-0.1, -0.05) is 12.2 Å². The molecule has 0 N–H and O–H groups in total. The van der Waals surface area contributed by atoms with Crippen LogP contribution in [0.1, 0.15) is 29.9 Å². The number of hydrogen-bond acceptors (Lipinski definition) is 4. The van der Waals surface area contributed by atoms with E-state index in [0.29, 0.717) is 22.7 Å². The molecular weight excluding hydrogens is 198 g/mol. The van der Waals surface area contributed by atoms with Crippen molar-refractivity contribution in [2.24, 2.45) is 0 Å². The van der Waals surface area contributed by atoms with Crippen LogP contribution in [-0.4, -0.2) is 22.4 Å². The molecule has 0 fully saturated rings. The van der Waals surface area contributed by atoms with E-state index >= 15 is 0 Å². The zero-order valence-electron chi connectivity index (χ0n) is 8.11. The van der Waals surface area contributed by atoms with E-state index in [1.807, 2.05) is 0 Å². The lowest BCUT2D eigenvalue weighted by molar-refractivity contribution is 0.0526. The van der Waals surface area contributed by atoms with Gasteiger partial charge in [0.1, 0.15) is 0 Å². The molecule has 0 aromatic carbocycles. The second-order valence-corrected chi connectivity index (χ2v) is 3.32. The summed E-state index contributed by atoms with van der Waals surface area (Å²) in [5, 5.41) is 0. The summed E-state index contributed by atoms with van der Waals surface area (Å²) in [5.74, 6) is -0.353. The Morgan fingerprint density at radius 1 is 1.57 bits per heavy atom. The Bertz CT molecular complexity index is 346. The van der Waals surface area contributed by atoms with Crippen molar-refractivity contribution in [1.29, 1.82) is 0 Å². The summed E-state index contributed by atoms with van der Waals surface area (Å²) in [6.45, 7) is 3.93. The van der Waals surface area contributed by atoms with Crippen molar-refractivity contribution in [3.05, 3.63) is 29.6 Å². The van der Waals surface area contributed by atoms with Gasteiger partial charge >= 0.3 is 5.97 Å². The van der Waals surface area contributed by atoms with Crippen LogP contribution in [-0.2, 0) is 4.74 Å². The van der Waals surface area contributed by atoms with Crippen LogP contribution in [0.5, 0.6) is 0 Å². The Kier molecular flexibility index (Phi) is 3.71. The van der Waals surface area contributed by atoms with E-state index in [-0.39, 0.29) is 5.97 Å². The fraction of sp³-hybridized carbons (Fsp3) is 0.300. The standard InChI is InChI=1S/C10H11NO2S/c1-3-13-10(12)8-4-5-9(7(2)14)11-6-8/h4-6H,3H2,1-2H3. The number of ether oxygens (including phenoxy) is 1. The monoisotopic (exact) mass is 209 g/mol. The number of nitrogens with zero attached hydrogens (tertiary/aromatic N) is 1. The van der Waals surface area contributed by atoms with Gasteiger partial charge in [0.05, 0.1) is 17.9 Å². The van der Waals surface area contributed by atoms with Crippen LogP contribution in [0.2, 0.25) is 0 Å². The van der Waals surface area contributed by atoms with Crippen LogP contribution < -0.4 is 0 Å². The van der Waals surface area contributed by atoms with Crippen LogP contribution in [0.25, 0.3) is 0 Å². The minimum absolute atomic E-state index is 0.353. The number of hydrogen-bond donors (Lipinski definition) is 0. The predicted octanol–water partition coefficient (Wildman–Crippen LogP) is 2.00. The number of thiocarbonyl (C=S) groups is 1. The van der Waals surface area contributed by atoms with Crippen molar-refractivity contribution in [2.75, 3.05) is 6.61 Å². The molecule has 0 unspecified atom stereocenters. The molecule has 0 saturated heterocycles. The van der Waals surface area contributed by atoms with Gasteiger partial charge in [-0.2, -0.15) is 0 Å². The first-order valence-electron chi connectivity index (χ1n) is 4.29. The van der Waals surface area contributed by atoms with Gasteiger partial charge in [0.15, 0.2) is 0 Å². The molecule has 0 aliphatic carbocycles. The third kappa shape index (κ3) is 2.60. The van der Waals surface area contributed by atoms with Gasteiger partial charge in [0.2, 0.25) is 0 Å². The minimum Gasteiger partial charge on any atom is -0.462 e. The SMILES string of the molecule is CCOC(=O)c1ccc(C(C)=S)nc1. The number of pyridine rings is 1. The molecule has 14 heavy (non-hydrogen) atoms. The maximum Gasteiger partial charge on any atom is 0.339 e. The molecule has 0 aliphatic heterocycles. The molecule has 0 spiro atoms. The molecule has 1 aromatic rings. The van der Waals surface area contributed by atoms with E-state index in [1.165, 1.54) is 6.20 Å². The lowest BCUT2D eigenvalue weighted by atomic mass is 10.2. The molecule has 0 atom stereocenters. The summed E-state index contributed by atoms with van der Waals surface area (Å²) < 4.78 is 4.82. The van der Waals surface area contributed by atoms with Crippen LogP contribution >= 0.6 is 12.2 Å². The summed E-state index contributed by atoms with van der Waals surface area (Å²) in [4.78, 5) is 16.0. The molecule has 0 amide bonds. The second kappa shape index (κ2) is 4.81. The molecule has 0 aliphatic rings. The third-order valence-electron chi connectivity index (χ3n) is 1.64. The van der Waals surface area contributed by atoms with Crippen LogP contribution in [0.3, 0.4) is 0 Å². The van der Waals surface area contributed by atoms with Gasteiger partial charge in [0.25, 0.3) is 0 Å². The summed E-state index contributed by atoms with van der Waals surface area (Å²) >= 11 is 4.94. The first-order chi connectivity index (χ1) is 6.65. The molecule has 1 rings (SSSR count). The zero-order valence-corrected chi connectivity index (χ0v) is 8.93. The molecule has 0 radical (unpaired) electrons. The highest BCUT2D eigenvalue weighted by atomic mass is 32.1. The highest BCUT2D eigenvalue weighted by molar-refractivity contribution is 7.80. The normalized spacial score (nSPS) is 9.57. The van der Waals surface area contributed by atoms with Gasteiger partial charge in [-0.05, 0) is 26.0 Å². The minimum atomic E-state index is -0.353. The van der Waals surface area contributed by atoms with Gasteiger partial charge in [-0.25, -0.2) is 4.79 Å².